The molecule has 0 heterocycles. The smallest absolute Gasteiger partial charge is 0.0546 e. The van der Waals surface area contributed by atoms with Crippen molar-refractivity contribution < 1.29 is 0 Å². The highest BCUT2D eigenvalue weighted by molar-refractivity contribution is 6.14. The number of rotatable bonds is 7. The minimum Gasteiger partial charge on any atom is -0.310 e. The van der Waals surface area contributed by atoms with Crippen molar-refractivity contribution in [3.05, 3.63) is 224 Å². The number of fused-ring (bicyclic) bond motifs is 4. The van der Waals surface area contributed by atoms with E-state index in [1.165, 1.54) is 76.8 Å². The molecule has 10 rings (SSSR count). The third-order valence-corrected chi connectivity index (χ3v) is 10.8. The molecule has 0 saturated heterocycles. The van der Waals surface area contributed by atoms with Crippen LogP contribution in [0.15, 0.2) is 224 Å². The lowest BCUT2D eigenvalue weighted by Gasteiger charge is -2.28. The lowest BCUT2D eigenvalue weighted by atomic mass is 9.91. The number of benzene rings is 10. The van der Waals surface area contributed by atoms with E-state index in [1.807, 2.05) is 0 Å². The van der Waals surface area contributed by atoms with E-state index < -0.39 is 0 Å². The molecule has 0 bridgehead atoms. The summed E-state index contributed by atoms with van der Waals surface area (Å²) in [5.74, 6) is 0. The largest absolute Gasteiger partial charge is 0.310 e. The van der Waals surface area contributed by atoms with Crippen LogP contribution in [0.1, 0.15) is 0 Å². The van der Waals surface area contributed by atoms with E-state index in [1.54, 1.807) is 0 Å². The summed E-state index contributed by atoms with van der Waals surface area (Å²) < 4.78 is 0. The predicted octanol–water partition coefficient (Wildman–Crippen LogP) is 15.3. The average Bonchev–Trinajstić information content (AvgIpc) is 3.27. The first-order chi connectivity index (χ1) is 27.3. The minimum atomic E-state index is 1.10. The van der Waals surface area contributed by atoms with Crippen LogP contribution >= 0.6 is 0 Å². The van der Waals surface area contributed by atoms with E-state index in [9.17, 15) is 0 Å². The van der Waals surface area contributed by atoms with Crippen LogP contribution in [0.3, 0.4) is 0 Å². The van der Waals surface area contributed by atoms with Crippen LogP contribution in [0.4, 0.5) is 17.1 Å². The summed E-state index contributed by atoms with van der Waals surface area (Å²) in [5, 5.41) is 7.44. The molecule has 0 spiro atoms. The highest BCUT2D eigenvalue weighted by Crippen LogP contribution is 2.44. The monoisotopic (exact) mass is 699 g/mol. The van der Waals surface area contributed by atoms with Gasteiger partial charge in [-0.05, 0) is 114 Å². The first-order valence-electron chi connectivity index (χ1n) is 18.9. The van der Waals surface area contributed by atoms with Crippen LogP contribution in [0, 0.1) is 0 Å². The molecule has 0 aliphatic rings. The second kappa shape index (κ2) is 14.0. The molecule has 0 amide bonds. The summed E-state index contributed by atoms with van der Waals surface area (Å²) >= 11 is 0. The van der Waals surface area contributed by atoms with E-state index in [0.717, 1.165) is 17.1 Å². The fourth-order valence-electron chi connectivity index (χ4n) is 8.07. The molecule has 0 unspecified atom stereocenters. The molecule has 55 heavy (non-hydrogen) atoms. The van der Waals surface area contributed by atoms with Crippen molar-refractivity contribution in [3.63, 3.8) is 0 Å². The van der Waals surface area contributed by atoms with Gasteiger partial charge in [0.05, 0.1) is 5.69 Å². The topological polar surface area (TPSA) is 3.24 Å². The zero-order chi connectivity index (χ0) is 36.6. The standard InChI is InChI=1S/C54H37N/c1-3-13-38(14-4-1)45-29-34-50(53(36-45)41-16-5-2-6-17-41)42-27-32-48(33-28-42)55(54-37-46-19-9-10-20-49(46)51-21-11-12-22-52(51)54)47-30-25-40(26-31-47)44-24-23-39-15-7-8-18-43(39)35-44/h1-37H. The lowest BCUT2D eigenvalue weighted by Crippen LogP contribution is -2.10. The SMILES string of the molecule is c1ccc(-c2ccc(-c3ccc(N(c4ccc(-c5ccc6ccccc6c5)cc4)c4cc5ccccc5c5ccccc45)cc3)c(-c3ccccc3)c2)cc1. The first-order valence-corrected chi connectivity index (χ1v) is 18.9. The van der Waals surface area contributed by atoms with Crippen LogP contribution in [0.5, 0.6) is 0 Å². The van der Waals surface area contributed by atoms with Gasteiger partial charge in [0.15, 0.2) is 0 Å². The molecule has 0 aliphatic carbocycles. The maximum absolute atomic E-state index is 2.42. The van der Waals surface area contributed by atoms with Crippen LogP contribution in [-0.2, 0) is 0 Å². The van der Waals surface area contributed by atoms with Gasteiger partial charge < -0.3 is 4.90 Å². The zero-order valence-corrected chi connectivity index (χ0v) is 30.3. The first kappa shape index (κ1) is 32.4. The van der Waals surface area contributed by atoms with E-state index in [2.05, 4.69) is 229 Å². The Morgan fingerprint density at radius 1 is 0.236 bits per heavy atom. The van der Waals surface area contributed by atoms with Crippen molar-refractivity contribution in [2.45, 2.75) is 0 Å². The molecule has 258 valence electrons. The van der Waals surface area contributed by atoms with E-state index >= 15 is 0 Å². The normalized spacial score (nSPS) is 11.3. The minimum absolute atomic E-state index is 1.10. The van der Waals surface area contributed by atoms with Gasteiger partial charge >= 0.3 is 0 Å². The van der Waals surface area contributed by atoms with Crippen molar-refractivity contribution in [3.8, 4) is 44.5 Å². The Morgan fingerprint density at radius 3 is 1.42 bits per heavy atom. The molecule has 10 aromatic carbocycles. The van der Waals surface area contributed by atoms with E-state index in [4.69, 9.17) is 0 Å². The van der Waals surface area contributed by atoms with E-state index in [0.29, 0.717) is 0 Å². The van der Waals surface area contributed by atoms with Crippen LogP contribution in [-0.4, -0.2) is 0 Å². The summed E-state index contributed by atoms with van der Waals surface area (Å²) in [4.78, 5) is 2.42. The molecule has 0 atom stereocenters. The van der Waals surface area contributed by atoms with Crippen LogP contribution in [0.25, 0.3) is 76.8 Å². The average molecular weight is 700 g/mol. The van der Waals surface area contributed by atoms with Gasteiger partial charge in [0.1, 0.15) is 0 Å². The summed E-state index contributed by atoms with van der Waals surface area (Å²) in [6, 6.07) is 81.5. The second-order valence-corrected chi connectivity index (χ2v) is 14.1. The third-order valence-electron chi connectivity index (χ3n) is 10.8. The van der Waals surface area contributed by atoms with Gasteiger partial charge in [-0.25, -0.2) is 0 Å². The molecule has 1 heteroatoms. The number of anilines is 3. The molecular formula is C54H37N. The van der Waals surface area contributed by atoms with Crippen LogP contribution in [0.2, 0.25) is 0 Å². The molecule has 1 nitrogen and oxygen atoms in total. The number of nitrogens with zero attached hydrogens (tertiary/aromatic N) is 1. The van der Waals surface area contributed by atoms with Crippen molar-refractivity contribution in [1.29, 1.82) is 0 Å². The zero-order valence-electron chi connectivity index (χ0n) is 30.3. The quantitative estimate of drug-likeness (QED) is 0.150. The van der Waals surface area contributed by atoms with Gasteiger partial charge in [0.2, 0.25) is 0 Å². The van der Waals surface area contributed by atoms with Crippen molar-refractivity contribution in [2.75, 3.05) is 4.90 Å². The van der Waals surface area contributed by atoms with Crippen molar-refractivity contribution >= 4 is 49.4 Å². The molecule has 0 radical (unpaired) electrons. The van der Waals surface area contributed by atoms with E-state index in [-0.39, 0.29) is 0 Å². The molecule has 0 N–H and O–H groups in total. The van der Waals surface area contributed by atoms with Crippen LogP contribution < -0.4 is 4.90 Å². The molecular weight excluding hydrogens is 663 g/mol. The fraction of sp³-hybridized carbons (Fsp3) is 0. The molecule has 10 aromatic rings. The fourth-order valence-corrected chi connectivity index (χ4v) is 8.07. The highest BCUT2D eigenvalue weighted by atomic mass is 15.1. The summed E-state index contributed by atoms with van der Waals surface area (Å²) in [7, 11) is 0. The summed E-state index contributed by atoms with van der Waals surface area (Å²) in [5.41, 5.74) is 13.0. The van der Waals surface area contributed by atoms with Gasteiger partial charge in [-0.1, -0.05) is 182 Å². The maximum atomic E-state index is 2.42. The Bertz CT molecular complexity index is 2950. The van der Waals surface area contributed by atoms with Gasteiger partial charge in [-0.3, -0.25) is 0 Å². The summed E-state index contributed by atoms with van der Waals surface area (Å²) in [6.07, 6.45) is 0. The van der Waals surface area contributed by atoms with Gasteiger partial charge in [-0.2, -0.15) is 0 Å². The number of hydrogen-bond acceptors (Lipinski definition) is 1. The lowest BCUT2D eigenvalue weighted by molar-refractivity contribution is 1.30. The Kier molecular flexibility index (Phi) is 8.24. The highest BCUT2D eigenvalue weighted by Gasteiger charge is 2.18. The van der Waals surface area contributed by atoms with Gasteiger partial charge in [0.25, 0.3) is 0 Å². The Hall–Kier alpha value is -7.22. The second-order valence-electron chi connectivity index (χ2n) is 14.1. The number of hydrogen-bond donors (Lipinski definition) is 0. The Morgan fingerprint density at radius 2 is 0.709 bits per heavy atom. The maximum Gasteiger partial charge on any atom is 0.0546 e. The Labute approximate surface area is 322 Å². The molecule has 0 aromatic heterocycles. The van der Waals surface area contributed by atoms with Crippen molar-refractivity contribution in [2.24, 2.45) is 0 Å². The Balaban J connectivity index is 1.11. The molecule has 0 fully saturated rings. The van der Waals surface area contributed by atoms with Gasteiger partial charge in [0, 0.05) is 16.8 Å². The molecule has 0 aliphatic heterocycles. The predicted molar refractivity (Wildman–Crippen MR) is 235 cm³/mol. The molecule has 0 saturated carbocycles. The third kappa shape index (κ3) is 6.12. The summed E-state index contributed by atoms with van der Waals surface area (Å²) in [6.45, 7) is 0. The van der Waals surface area contributed by atoms with Crippen molar-refractivity contribution in [1.82, 2.24) is 0 Å². The van der Waals surface area contributed by atoms with Gasteiger partial charge in [-0.15, -0.1) is 0 Å².